The van der Waals surface area contributed by atoms with E-state index in [0.717, 1.165) is 6.07 Å². The molecule has 78 valence electrons. The monoisotopic (exact) mass is 270 g/mol. The Hall–Kier alpha value is -0.980. The van der Waals surface area contributed by atoms with Gasteiger partial charge in [-0.2, -0.15) is 0 Å². The van der Waals surface area contributed by atoms with Crippen LogP contribution < -0.4 is 10.5 Å². The van der Waals surface area contributed by atoms with Crippen LogP contribution >= 0.6 is 15.9 Å². The molecular formula is C7H6BrF3N2O. The number of rotatable bonds is 2. The molecule has 0 unspecified atom stereocenters. The fraction of sp³-hybridized carbons (Fsp3) is 0.286. The summed E-state index contributed by atoms with van der Waals surface area (Å²) in [5.74, 6) is -0.380. The Bertz CT molecular complexity index is 329. The Morgan fingerprint density at radius 3 is 2.64 bits per heavy atom. The molecule has 1 rings (SSSR count). The van der Waals surface area contributed by atoms with E-state index in [9.17, 15) is 13.2 Å². The van der Waals surface area contributed by atoms with Crippen LogP contribution in [0.5, 0.6) is 5.75 Å². The Kier molecular flexibility index (Phi) is 3.20. The first-order valence-corrected chi connectivity index (χ1v) is 4.60. The van der Waals surface area contributed by atoms with Gasteiger partial charge in [-0.15, -0.1) is 13.2 Å². The maximum absolute atomic E-state index is 11.9. The van der Waals surface area contributed by atoms with Crippen molar-refractivity contribution in [3.05, 3.63) is 18.0 Å². The van der Waals surface area contributed by atoms with Gasteiger partial charge in [0.05, 0.1) is 17.6 Å². The fourth-order valence-electron chi connectivity index (χ4n) is 0.801. The van der Waals surface area contributed by atoms with E-state index in [1.165, 1.54) is 6.20 Å². The maximum Gasteiger partial charge on any atom is 0.573 e. The molecule has 7 heteroatoms. The molecular weight excluding hydrogens is 265 g/mol. The lowest BCUT2D eigenvalue weighted by atomic mass is 10.3. The second kappa shape index (κ2) is 4.04. The molecule has 0 radical (unpaired) electrons. The molecule has 14 heavy (non-hydrogen) atoms. The van der Waals surface area contributed by atoms with Crippen molar-refractivity contribution < 1.29 is 17.9 Å². The van der Waals surface area contributed by atoms with Crippen molar-refractivity contribution in [2.24, 2.45) is 0 Å². The molecule has 0 aromatic carbocycles. The standard InChI is InChI=1S/C7H6BrF3N2O/c8-2-5-6(14-7(9,10)11)1-4(12)3-13-5/h1,3H,2,12H2. The van der Waals surface area contributed by atoms with Crippen molar-refractivity contribution >= 4 is 21.6 Å². The van der Waals surface area contributed by atoms with E-state index in [0.29, 0.717) is 0 Å². The molecule has 0 saturated carbocycles. The zero-order valence-corrected chi connectivity index (χ0v) is 8.39. The van der Waals surface area contributed by atoms with Gasteiger partial charge >= 0.3 is 6.36 Å². The average Bonchev–Trinajstić information content (AvgIpc) is 2.01. The summed E-state index contributed by atoms with van der Waals surface area (Å²) in [6, 6.07) is 1.08. The van der Waals surface area contributed by atoms with Gasteiger partial charge in [0.25, 0.3) is 0 Å². The highest BCUT2D eigenvalue weighted by molar-refractivity contribution is 9.08. The van der Waals surface area contributed by atoms with E-state index in [1.54, 1.807) is 0 Å². The van der Waals surface area contributed by atoms with Gasteiger partial charge in [-0.1, -0.05) is 15.9 Å². The summed E-state index contributed by atoms with van der Waals surface area (Å²) >= 11 is 2.99. The second-order valence-corrected chi connectivity index (χ2v) is 2.96. The minimum atomic E-state index is -4.73. The zero-order chi connectivity index (χ0) is 10.8. The highest BCUT2D eigenvalue weighted by Crippen LogP contribution is 2.27. The van der Waals surface area contributed by atoms with E-state index in [1.807, 2.05) is 0 Å². The predicted molar refractivity (Wildman–Crippen MR) is 48.0 cm³/mol. The number of nitrogens with two attached hydrogens (primary N) is 1. The topological polar surface area (TPSA) is 48.1 Å². The normalized spacial score (nSPS) is 11.4. The molecule has 1 heterocycles. The molecule has 0 saturated heterocycles. The molecule has 0 aliphatic carbocycles. The van der Waals surface area contributed by atoms with Crippen LogP contribution in [0, 0.1) is 0 Å². The number of ether oxygens (including phenoxy) is 1. The van der Waals surface area contributed by atoms with Crippen molar-refractivity contribution in [1.29, 1.82) is 0 Å². The van der Waals surface area contributed by atoms with E-state index in [-0.39, 0.29) is 22.5 Å². The Labute approximate surface area is 86.2 Å². The van der Waals surface area contributed by atoms with Crippen molar-refractivity contribution in [3.63, 3.8) is 0 Å². The molecule has 1 aromatic heterocycles. The summed E-state index contributed by atoms with van der Waals surface area (Å²) in [7, 11) is 0. The number of halogens is 4. The van der Waals surface area contributed by atoms with E-state index >= 15 is 0 Å². The first-order valence-electron chi connectivity index (χ1n) is 3.48. The largest absolute Gasteiger partial charge is 0.573 e. The molecule has 0 fully saturated rings. The average molecular weight is 271 g/mol. The van der Waals surface area contributed by atoms with Crippen LogP contribution in [-0.4, -0.2) is 11.3 Å². The lowest BCUT2D eigenvalue weighted by Gasteiger charge is -2.11. The Morgan fingerprint density at radius 1 is 1.50 bits per heavy atom. The molecule has 0 atom stereocenters. The summed E-state index contributed by atoms with van der Waals surface area (Å²) in [6.45, 7) is 0. The van der Waals surface area contributed by atoms with Crippen molar-refractivity contribution in [1.82, 2.24) is 4.98 Å². The quantitative estimate of drug-likeness (QED) is 0.840. The third kappa shape index (κ3) is 3.06. The van der Waals surface area contributed by atoms with Crippen LogP contribution in [0.1, 0.15) is 5.69 Å². The second-order valence-electron chi connectivity index (χ2n) is 2.39. The maximum atomic E-state index is 11.9. The third-order valence-corrected chi connectivity index (χ3v) is 1.84. The van der Waals surface area contributed by atoms with Gasteiger partial charge < -0.3 is 10.5 Å². The van der Waals surface area contributed by atoms with Crippen molar-refractivity contribution in [2.75, 3.05) is 5.73 Å². The zero-order valence-electron chi connectivity index (χ0n) is 6.81. The smallest absolute Gasteiger partial charge is 0.404 e. The lowest BCUT2D eigenvalue weighted by molar-refractivity contribution is -0.274. The summed E-state index contributed by atoms with van der Waals surface area (Å²) in [6.07, 6.45) is -3.47. The van der Waals surface area contributed by atoms with Crippen LogP contribution in [0.2, 0.25) is 0 Å². The van der Waals surface area contributed by atoms with Crippen LogP contribution in [-0.2, 0) is 5.33 Å². The predicted octanol–water partition coefficient (Wildman–Crippen LogP) is 2.46. The molecule has 1 aromatic rings. The molecule has 0 bridgehead atoms. The highest BCUT2D eigenvalue weighted by atomic mass is 79.9. The number of nitrogen functional groups attached to an aromatic ring is 1. The summed E-state index contributed by atoms with van der Waals surface area (Å²) in [4.78, 5) is 3.68. The van der Waals surface area contributed by atoms with Gasteiger partial charge in [-0.05, 0) is 0 Å². The first kappa shape index (κ1) is 11.1. The number of aromatic nitrogens is 1. The van der Waals surface area contributed by atoms with Crippen LogP contribution in [0.15, 0.2) is 12.3 Å². The fourth-order valence-corrected chi connectivity index (χ4v) is 1.22. The summed E-state index contributed by atoms with van der Waals surface area (Å²) in [5, 5.41) is 0.165. The van der Waals surface area contributed by atoms with Gasteiger partial charge in [0.15, 0.2) is 5.75 Å². The number of hydrogen-bond donors (Lipinski definition) is 1. The molecule has 0 amide bonds. The lowest BCUT2D eigenvalue weighted by Crippen LogP contribution is -2.18. The molecule has 3 nitrogen and oxygen atoms in total. The van der Waals surface area contributed by atoms with E-state index in [4.69, 9.17) is 5.73 Å². The number of nitrogens with zero attached hydrogens (tertiary/aromatic N) is 1. The minimum Gasteiger partial charge on any atom is -0.404 e. The van der Waals surface area contributed by atoms with Crippen molar-refractivity contribution in [3.8, 4) is 5.75 Å². The van der Waals surface area contributed by atoms with Gasteiger partial charge in [0.1, 0.15) is 0 Å². The first-order chi connectivity index (χ1) is 6.42. The van der Waals surface area contributed by atoms with Crippen LogP contribution in [0.25, 0.3) is 0 Å². The van der Waals surface area contributed by atoms with Gasteiger partial charge in [-0.25, -0.2) is 0 Å². The highest BCUT2D eigenvalue weighted by Gasteiger charge is 2.32. The number of anilines is 1. The van der Waals surface area contributed by atoms with Crippen LogP contribution in [0.3, 0.4) is 0 Å². The van der Waals surface area contributed by atoms with E-state index in [2.05, 4.69) is 25.7 Å². The number of alkyl halides is 4. The van der Waals surface area contributed by atoms with Gasteiger partial charge in [0, 0.05) is 11.4 Å². The van der Waals surface area contributed by atoms with Gasteiger partial charge in [0.2, 0.25) is 0 Å². The Balaban J connectivity index is 2.99. The molecule has 0 aliphatic rings. The minimum absolute atomic E-state index is 0.119. The van der Waals surface area contributed by atoms with Crippen LogP contribution in [0.4, 0.5) is 18.9 Å². The Morgan fingerprint density at radius 2 is 2.14 bits per heavy atom. The molecule has 0 spiro atoms. The summed E-state index contributed by atoms with van der Waals surface area (Å²) in [5.41, 5.74) is 5.54. The molecule has 0 aliphatic heterocycles. The van der Waals surface area contributed by atoms with E-state index < -0.39 is 6.36 Å². The number of pyridine rings is 1. The van der Waals surface area contributed by atoms with Crippen molar-refractivity contribution in [2.45, 2.75) is 11.7 Å². The molecule has 2 N–H and O–H groups in total. The number of hydrogen-bond acceptors (Lipinski definition) is 3. The summed E-state index contributed by atoms with van der Waals surface area (Å²) < 4.78 is 39.4. The SMILES string of the molecule is Nc1cnc(CBr)c(OC(F)(F)F)c1. The van der Waals surface area contributed by atoms with Gasteiger partial charge in [-0.3, -0.25) is 4.98 Å². The third-order valence-electron chi connectivity index (χ3n) is 1.30.